The number of nitro benzene ring substituents is 1. The first-order valence-corrected chi connectivity index (χ1v) is 5.69. The van der Waals surface area contributed by atoms with E-state index in [0.717, 1.165) is 0 Å². The van der Waals surface area contributed by atoms with Crippen LogP contribution in [0.4, 0.5) is 5.69 Å². The minimum Gasteiger partial charge on any atom is -0.496 e. The van der Waals surface area contributed by atoms with E-state index in [9.17, 15) is 14.9 Å². The molecule has 1 aromatic carbocycles. The van der Waals surface area contributed by atoms with Gasteiger partial charge in [0, 0.05) is 6.61 Å². The smallest absolute Gasteiger partial charge is 0.315 e. The third-order valence-electron chi connectivity index (χ3n) is 2.24. The van der Waals surface area contributed by atoms with E-state index in [1.54, 1.807) is 6.92 Å². The molecule has 0 aromatic heterocycles. The van der Waals surface area contributed by atoms with Crippen LogP contribution < -0.4 is 9.47 Å². The van der Waals surface area contributed by atoms with Crippen molar-refractivity contribution in [3.63, 3.8) is 0 Å². The molecule has 0 saturated carbocycles. The molecular formula is C12H15NO6. The van der Waals surface area contributed by atoms with Gasteiger partial charge in [0.25, 0.3) is 0 Å². The number of esters is 1. The number of nitrogens with zero attached hydrogens (tertiary/aromatic N) is 1. The number of ether oxygens (including phenoxy) is 3. The molecule has 0 heterocycles. The standard InChI is InChI=1S/C12H15NO6/c1-3-18-7-6-12(14)19-11-5-4-9(17-2)8-10(11)13(15)16/h4-5,8H,3,6-7H2,1-2H3. The van der Waals surface area contributed by atoms with Gasteiger partial charge in [-0.25, -0.2) is 0 Å². The Hall–Kier alpha value is -2.15. The highest BCUT2D eigenvalue weighted by molar-refractivity contribution is 5.74. The summed E-state index contributed by atoms with van der Waals surface area (Å²) in [4.78, 5) is 21.7. The first-order valence-electron chi connectivity index (χ1n) is 5.69. The Morgan fingerprint density at radius 3 is 2.74 bits per heavy atom. The summed E-state index contributed by atoms with van der Waals surface area (Å²) in [5, 5.41) is 10.9. The Morgan fingerprint density at radius 2 is 2.16 bits per heavy atom. The van der Waals surface area contributed by atoms with Crippen molar-refractivity contribution >= 4 is 11.7 Å². The first-order chi connectivity index (χ1) is 9.08. The van der Waals surface area contributed by atoms with E-state index in [4.69, 9.17) is 14.2 Å². The SMILES string of the molecule is CCOCCC(=O)Oc1ccc(OC)cc1[N+](=O)[O-]. The van der Waals surface area contributed by atoms with E-state index in [1.165, 1.54) is 25.3 Å². The summed E-state index contributed by atoms with van der Waals surface area (Å²) in [7, 11) is 1.40. The van der Waals surface area contributed by atoms with Gasteiger partial charge in [-0.3, -0.25) is 14.9 Å². The lowest BCUT2D eigenvalue weighted by Gasteiger charge is -2.06. The van der Waals surface area contributed by atoms with Crippen molar-refractivity contribution < 1.29 is 23.9 Å². The summed E-state index contributed by atoms with van der Waals surface area (Å²) in [6, 6.07) is 4.01. The number of methoxy groups -OCH3 is 1. The van der Waals surface area contributed by atoms with Crippen LogP contribution in [0.5, 0.6) is 11.5 Å². The van der Waals surface area contributed by atoms with Gasteiger partial charge in [0.2, 0.25) is 5.75 Å². The predicted molar refractivity (Wildman–Crippen MR) is 66.4 cm³/mol. The van der Waals surface area contributed by atoms with Gasteiger partial charge in [-0.15, -0.1) is 0 Å². The van der Waals surface area contributed by atoms with Crippen LogP contribution >= 0.6 is 0 Å². The normalized spacial score (nSPS) is 10.0. The summed E-state index contributed by atoms with van der Waals surface area (Å²) >= 11 is 0. The monoisotopic (exact) mass is 269 g/mol. The summed E-state index contributed by atoms with van der Waals surface area (Å²) in [6.45, 7) is 2.52. The molecule has 1 aromatic rings. The van der Waals surface area contributed by atoms with Gasteiger partial charge in [-0.1, -0.05) is 0 Å². The Bertz CT molecular complexity index is 460. The van der Waals surface area contributed by atoms with Crippen molar-refractivity contribution in [2.45, 2.75) is 13.3 Å². The highest BCUT2D eigenvalue weighted by Gasteiger charge is 2.19. The summed E-state index contributed by atoms with van der Waals surface area (Å²) in [6.07, 6.45) is 0.0387. The fourth-order valence-electron chi connectivity index (χ4n) is 1.33. The number of rotatable bonds is 7. The fourth-order valence-corrected chi connectivity index (χ4v) is 1.33. The Morgan fingerprint density at radius 1 is 1.42 bits per heavy atom. The molecule has 0 fully saturated rings. The maximum absolute atomic E-state index is 11.5. The van der Waals surface area contributed by atoms with Crippen molar-refractivity contribution in [1.29, 1.82) is 0 Å². The largest absolute Gasteiger partial charge is 0.496 e. The van der Waals surface area contributed by atoms with E-state index < -0.39 is 10.9 Å². The molecule has 0 unspecified atom stereocenters. The van der Waals surface area contributed by atoms with Crippen LogP contribution in [-0.2, 0) is 9.53 Å². The lowest BCUT2D eigenvalue weighted by atomic mass is 10.3. The van der Waals surface area contributed by atoms with E-state index in [0.29, 0.717) is 12.4 Å². The van der Waals surface area contributed by atoms with Crippen molar-refractivity contribution in [2.24, 2.45) is 0 Å². The molecule has 7 nitrogen and oxygen atoms in total. The Kier molecular flexibility index (Phi) is 5.74. The van der Waals surface area contributed by atoms with Crippen molar-refractivity contribution in [3.05, 3.63) is 28.3 Å². The van der Waals surface area contributed by atoms with Gasteiger partial charge < -0.3 is 14.2 Å². The minimum absolute atomic E-state index is 0.0387. The second kappa shape index (κ2) is 7.32. The first kappa shape index (κ1) is 14.9. The predicted octanol–water partition coefficient (Wildman–Crippen LogP) is 1.94. The molecule has 19 heavy (non-hydrogen) atoms. The highest BCUT2D eigenvalue weighted by atomic mass is 16.6. The van der Waals surface area contributed by atoms with E-state index in [1.807, 2.05) is 0 Å². The van der Waals surface area contributed by atoms with E-state index in [2.05, 4.69) is 0 Å². The lowest BCUT2D eigenvalue weighted by molar-refractivity contribution is -0.385. The van der Waals surface area contributed by atoms with Gasteiger partial charge in [0.15, 0.2) is 0 Å². The van der Waals surface area contributed by atoms with Crippen LogP contribution in [0.2, 0.25) is 0 Å². The summed E-state index contributed by atoms with van der Waals surface area (Å²) in [5.74, 6) is -0.366. The molecule has 0 aliphatic heterocycles. The van der Waals surface area contributed by atoms with Crippen LogP contribution in [-0.4, -0.2) is 31.2 Å². The average molecular weight is 269 g/mol. The quantitative estimate of drug-likeness (QED) is 0.247. The van der Waals surface area contributed by atoms with Gasteiger partial charge >= 0.3 is 11.7 Å². The van der Waals surface area contributed by atoms with Gasteiger partial charge in [-0.05, 0) is 19.1 Å². The topological polar surface area (TPSA) is 87.9 Å². The summed E-state index contributed by atoms with van der Waals surface area (Å²) in [5.41, 5.74) is -0.316. The zero-order valence-corrected chi connectivity index (χ0v) is 10.8. The molecule has 104 valence electrons. The molecule has 0 aliphatic carbocycles. The average Bonchev–Trinajstić information content (AvgIpc) is 2.39. The molecule has 7 heteroatoms. The van der Waals surface area contributed by atoms with Crippen molar-refractivity contribution in [2.75, 3.05) is 20.3 Å². The maximum Gasteiger partial charge on any atom is 0.315 e. The van der Waals surface area contributed by atoms with Crippen molar-refractivity contribution in [3.8, 4) is 11.5 Å². The van der Waals surface area contributed by atoms with Crippen LogP contribution in [0.25, 0.3) is 0 Å². The van der Waals surface area contributed by atoms with Crippen molar-refractivity contribution in [1.82, 2.24) is 0 Å². The van der Waals surface area contributed by atoms with Gasteiger partial charge in [0.05, 0.1) is 31.1 Å². The minimum atomic E-state index is -0.631. The third-order valence-corrected chi connectivity index (χ3v) is 2.24. The number of benzene rings is 1. The Balaban J connectivity index is 2.77. The highest BCUT2D eigenvalue weighted by Crippen LogP contribution is 2.31. The zero-order valence-electron chi connectivity index (χ0n) is 10.8. The van der Waals surface area contributed by atoms with Crippen LogP contribution in [0.1, 0.15) is 13.3 Å². The van der Waals surface area contributed by atoms with E-state index >= 15 is 0 Å². The Labute approximate surface area is 110 Å². The molecule has 0 spiro atoms. The van der Waals surface area contributed by atoms with Gasteiger partial charge in [-0.2, -0.15) is 0 Å². The summed E-state index contributed by atoms with van der Waals surface area (Å²) < 4.78 is 14.8. The maximum atomic E-state index is 11.5. The van der Waals surface area contributed by atoms with E-state index in [-0.39, 0.29) is 24.5 Å². The number of carbonyl (C=O) groups excluding carboxylic acids is 1. The fraction of sp³-hybridized carbons (Fsp3) is 0.417. The molecule has 0 atom stereocenters. The third kappa shape index (κ3) is 4.55. The number of nitro groups is 1. The number of carbonyl (C=O) groups is 1. The number of hydrogen-bond acceptors (Lipinski definition) is 6. The van der Waals surface area contributed by atoms with Crippen LogP contribution in [0.3, 0.4) is 0 Å². The molecule has 0 bridgehead atoms. The van der Waals surface area contributed by atoms with Crippen LogP contribution in [0.15, 0.2) is 18.2 Å². The molecule has 0 N–H and O–H groups in total. The molecule has 0 saturated heterocycles. The molecule has 0 amide bonds. The lowest BCUT2D eigenvalue weighted by Crippen LogP contribution is -2.12. The molecular weight excluding hydrogens is 254 g/mol. The molecule has 1 rings (SSSR count). The number of hydrogen-bond donors (Lipinski definition) is 0. The van der Waals surface area contributed by atoms with Gasteiger partial charge in [0.1, 0.15) is 5.75 Å². The van der Waals surface area contributed by atoms with Crippen LogP contribution in [0, 0.1) is 10.1 Å². The molecule has 0 radical (unpaired) electrons. The second-order valence-corrected chi connectivity index (χ2v) is 3.51. The molecule has 0 aliphatic rings. The second-order valence-electron chi connectivity index (χ2n) is 3.51. The zero-order chi connectivity index (χ0) is 14.3.